The fourth-order valence-electron chi connectivity index (χ4n) is 2.11. The molecule has 0 spiro atoms. The number of hydrogen-bond donors (Lipinski definition) is 3. The van der Waals surface area contributed by atoms with Crippen molar-refractivity contribution in [1.82, 2.24) is 16.2 Å². The lowest BCUT2D eigenvalue weighted by molar-refractivity contribution is -0.384. The smallest absolute Gasteiger partial charge is 0.281 e. The summed E-state index contributed by atoms with van der Waals surface area (Å²) in [6.07, 6.45) is 1.38. The molecule has 0 aromatic heterocycles. The first kappa shape index (κ1) is 19.8. The van der Waals surface area contributed by atoms with Crippen molar-refractivity contribution in [2.75, 3.05) is 0 Å². The first-order valence-electron chi connectivity index (χ1n) is 8.25. The molecule has 27 heavy (non-hydrogen) atoms. The summed E-state index contributed by atoms with van der Waals surface area (Å²) in [5.41, 5.74) is 5.88. The largest absolute Gasteiger partial charge is 0.317 e. The van der Waals surface area contributed by atoms with Gasteiger partial charge in [-0.3, -0.25) is 25.1 Å². The highest BCUT2D eigenvalue weighted by Gasteiger charge is 2.15. The van der Waals surface area contributed by atoms with E-state index in [9.17, 15) is 19.7 Å². The number of carbonyl (C=O) groups excluding carboxylic acids is 2. The molecule has 2 aromatic rings. The van der Waals surface area contributed by atoms with Crippen molar-refractivity contribution in [3.63, 3.8) is 0 Å². The summed E-state index contributed by atoms with van der Waals surface area (Å²) in [6.45, 7) is 3.68. The Labute approximate surface area is 156 Å². The van der Waals surface area contributed by atoms with E-state index < -0.39 is 16.7 Å². The Kier molecular flexibility index (Phi) is 6.79. The van der Waals surface area contributed by atoms with E-state index in [1.807, 2.05) is 13.8 Å². The minimum Gasteiger partial charge on any atom is -0.317 e. The number of hydrazine groups is 1. The first-order valence-corrected chi connectivity index (χ1v) is 8.25. The van der Waals surface area contributed by atoms with E-state index in [4.69, 9.17) is 0 Å². The maximum Gasteiger partial charge on any atom is 0.281 e. The molecule has 0 aliphatic heterocycles. The zero-order valence-electron chi connectivity index (χ0n) is 14.9. The van der Waals surface area contributed by atoms with Crippen LogP contribution in [0.3, 0.4) is 0 Å². The number of amides is 2. The average molecular weight is 368 g/mol. The molecule has 3 N–H and O–H groups in total. The van der Waals surface area contributed by atoms with Crippen LogP contribution in [0.15, 0.2) is 60.3 Å². The summed E-state index contributed by atoms with van der Waals surface area (Å²) in [6, 6.07) is 14.2. The maximum atomic E-state index is 12.4. The molecule has 2 amide bonds. The summed E-state index contributed by atoms with van der Waals surface area (Å²) in [5.74, 6) is -1.04. The van der Waals surface area contributed by atoms with Crippen molar-refractivity contribution in [2.24, 2.45) is 0 Å². The third kappa shape index (κ3) is 6.05. The highest BCUT2D eigenvalue weighted by molar-refractivity contribution is 6.05. The fourth-order valence-corrected chi connectivity index (χ4v) is 2.11. The van der Waals surface area contributed by atoms with E-state index >= 15 is 0 Å². The van der Waals surface area contributed by atoms with Crippen LogP contribution in [0.25, 0.3) is 6.08 Å². The van der Waals surface area contributed by atoms with Gasteiger partial charge in [0.2, 0.25) is 0 Å². The Morgan fingerprint density at radius 2 is 1.78 bits per heavy atom. The van der Waals surface area contributed by atoms with Gasteiger partial charge in [0.1, 0.15) is 5.70 Å². The second kappa shape index (κ2) is 9.25. The van der Waals surface area contributed by atoms with Crippen molar-refractivity contribution in [2.45, 2.75) is 19.9 Å². The SMILES string of the molecule is CC(C)NNC(=O)C(=Cc1cccc([N+](=O)[O-])c1)NC(=O)c1ccccc1. The quantitative estimate of drug-likeness (QED) is 0.394. The standard InChI is InChI=1S/C19H20N4O4/c1-13(2)21-22-19(25)17(20-18(24)15-8-4-3-5-9-15)12-14-7-6-10-16(11-14)23(26)27/h3-13,21H,1-2H3,(H,20,24)(H,22,25). The van der Waals surface area contributed by atoms with Crippen LogP contribution >= 0.6 is 0 Å². The number of hydrogen-bond acceptors (Lipinski definition) is 5. The summed E-state index contributed by atoms with van der Waals surface area (Å²) in [5, 5.41) is 13.5. The van der Waals surface area contributed by atoms with Crippen LogP contribution in [0.5, 0.6) is 0 Å². The molecule has 0 saturated carbocycles. The highest BCUT2D eigenvalue weighted by Crippen LogP contribution is 2.15. The molecule has 0 unspecified atom stereocenters. The molecule has 0 aliphatic carbocycles. The Morgan fingerprint density at radius 1 is 1.07 bits per heavy atom. The maximum absolute atomic E-state index is 12.4. The van der Waals surface area contributed by atoms with Gasteiger partial charge in [-0.15, -0.1) is 0 Å². The van der Waals surface area contributed by atoms with Gasteiger partial charge < -0.3 is 5.32 Å². The van der Waals surface area contributed by atoms with E-state index in [1.165, 1.54) is 24.3 Å². The molecule has 2 rings (SSSR count). The van der Waals surface area contributed by atoms with Crippen LogP contribution < -0.4 is 16.2 Å². The second-order valence-electron chi connectivity index (χ2n) is 5.98. The predicted molar refractivity (Wildman–Crippen MR) is 101 cm³/mol. The van der Waals surface area contributed by atoms with E-state index in [0.717, 1.165) is 0 Å². The molecule has 0 radical (unpaired) electrons. The monoisotopic (exact) mass is 368 g/mol. The molecule has 140 valence electrons. The van der Waals surface area contributed by atoms with Crippen molar-refractivity contribution in [3.05, 3.63) is 81.5 Å². The van der Waals surface area contributed by atoms with Crippen LogP contribution in [-0.4, -0.2) is 22.8 Å². The third-order valence-corrected chi connectivity index (χ3v) is 3.40. The zero-order chi connectivity index (χ0) is 19.8. The minimum atomic E-state index is -0.570. The molecular weight excluding hydrogens is 348 g/mol. The van der Waals surface area contributed by atoms with Gasteiger partial charge in [0.05, 0.1) is 4.92 Å². The summed E-state index contributed by atoms with van der Waals surface area (Å²) in [4.78, 5) is 35.3. The van der Waals surface area contributed by atoms with Gasteiger partial charge in [-0.1, -0.05) is 30.3 Å². The van der Waals surface area contributed by atoms with Gasteiger partial charge in [-0.2, -0.15) is 0 Å². The molecule has 8 nitrogen and oxygen atoms in total. The molecule has 0 bridgehead atoms. The molecule has 2 aromatic carbocycles. The van der Waals surface area contributed by atoms with Gasteiger partial charge in [-0.05, 0) is 37.6 Å². The average Bonchev–Trinajstić information content (AvgIpc) is 2.66. The number of rotatable bonds is 7. The van der Waals surface area contributed by atoms with Crippen LogP contribution in [0.2, 0.25) is 0 Å². The first-order chi connectivity index (χ1) is 12.9. The Bertz CT molecular complexity index is 863. The topological polar surface area (TPSA) is 113 Å². The lowest BCUT2D eigenvalue weighted by Gasteiger charge is -2.13. The number of benzene rings is 2. The molecular formula is C19H20N4O4. The van der Waals surface area contributed by atoms with E-state index in [-0.39, 0.29) is 17.4 Å². The molecule has 0 heterocycles. The van der Waals surface area contributed by atoms with Gasteiger partial charge in [0.15, 0.2) is 0 Å². The molecule has 0 atom stereocenters. The van der Waals surface area contributed by atoms with Gasteiger partial charge in [-0.25, -0.2) is 5.43 Å². The lowest BCUT2D eigenvalue weighted by Crippen LogP contribution is -2.45. The molecule has 0 aliphatic rings. The summed E-state index contributed by atoms with van der Waals surface area (Å²) in [7, 11) is 0. The highest BCUT2D eigenvalue weighted by atomic mass is 16.6. The summed E-state index contributed by atoms with van der Waals surface area (Å²) < 4.78 is 0. The van der Waals surface area contributed by atoms with Crippen LogP contribution in [0.1, 0.15) is 29.8 Å². The van der Waals surface area contributed by atoms with Crippen LogP contribution in [-0.2, 0) is 4.79 Å². The number of nitro groups is 1. The summed E-state index contributed by atoms with van der Waals surface area (Å²) >= 11 is 0. The number of carbonyl (C=O) groups is 2. The molecule has 8 heteroatoms. The van der Waals surface area contributed by atoms with Crippen molar-refractivity contribution < 1.29 is 14.5 Å². The molecule has 0 fully saturated rings. The van der Waals surface area contributed by atoms with Crippen molar-refractivity contribution in [1.29, 1.82) is 0 Å². The number of nitrogens with zero attached hydrogens (tertiary/aromatic N) is 1. The van der Waals surface area contributed by atoms with E-state index in [0.29, 0.717) is 11.1 Å². The predicted octanol–water partition coefficient (Wildman–Crippen LogP) is 2.39. The second-order valence-corrected chi connectivity index (χ2v) is 5.98. The van der Waals surface area contributed by atoms with E-state index in [2.05, 4.69) is 16.2 Å². The fraction of sp³-hybridized carbons (Fsp3) is 0.158. The minimum absolute atomic E-state index is 0.0159. The van der Waals surface area contributed by atoms with Gasteiger partial charge in [0.25, 0.3) is 17.5 Å². The third-order valence-electron chi connectivity index (χ3n) is 3.40. The van der Waals surface area contributed by atoms with Gasteiger partial charge >= 0.3 is 0 Å². The number of nitrogens with one attached hydrogen (secondary N) is 3. The Hall–Kier alpha value is -3.52. The molecule has 0 saturated heterocycles. The zero-order valence-corrected chi connectivity index (χ0v) is 14.9. The van der Waals surface area contributed by atoms with E-state index in [1.54, 1.807) is 36.4 Å². The van der Waals surface area contributed by atoms with Crippen LogP contribution in [0.4, 0.5) is 5.69 Å². The Balaban J connectivity index is 2.31. The lowest BCUT2D eigenvalue weighted by atomic mass is 10.1. The van der Waals surface area contributed by atoms with Crippen LogP contribution in [0, 0.1) is 10.1 Å². The number of nitro benzene ring substituents is 1. The van der Waals surface area contributed by atoms with Crippen molar-refractivity contribution >= 4 is 23.6 Å². The normalized spacial score (nSPS) is 11.1. The van der Waals surface area contributed by atoms with Crippen molar-refractivity contribution in [3.8, 4) is 0 Å². The van der Waals surface area contributed by atoms with Gasteiger partial charge in [0, 0.05) is 23.7 Å². The Morgan fingerprint density at radius 3 is 2.41 bits per heavy atom. The number of non-ortho nitro benzene ring substituents is 1.